The molecule has 0 unspecified atom stereocenters. The molecule has 1 aromatic carbocycles. The molecule has 0 saturated heterocycles. The van der Waals surface area contributed by atoms with E-state index in [9.17, 15) is 0 Å². The zero-order valence-electron chi connectivity index (χ0n) is 7.81. The first-order valence-corrected chi connectivity index (χ1v) is 4.60. The van der Waals surface area contributed by atoms with Crippen molar-refractivity contribution in [3.8, 4) is 11.3 Å². The van der Waals surface area contributed by atoms with Gasteiger partial charge in [0.25, 0.3) is 0 Å². The molecule has 0 radical (unpaired) electrons. The van der Waals surface area contributed by atoms with Crippen molar-refractivity contribution in [1.82, 2.24) is 4.98 Å². The van der Waals surface area contributed by atoms with Gasteiger partial charge in [-0.05, 0) is 0 Å². The maximum absolute atomic E-state index is 5.41. The van der Waals surface area contributed by atoms with Gasteiger partial charge in [0.05, 0.1) is 0 Å². The maximum atomic E-state index is 5.41. The van der Waals surface area contributed by atoms with Crippen molar-refractivity contribution in [3.63, 3.8) is 0 Å². The molecular weight excluding hydrogens is 176 g/mol. The molecular formula is C11H12N2O. The van der Waals surface area contributed by atoms with Gasteiger partial charge in [0.15, 0.2) is 5.89 Å². The van der Waals surface area contributed by atoms with Gasteiger partial charge < -0.3 is 10.2 Å². The van der Waals surface area contributed by atoms with Crippen molar-refractivity contribution in [2.45, 2.75) is 6.42 Å². The van der Waals surface area contributed by atoms with E-state index in [0.29, 0.717) is 18.9 Å². The van der Waals surface area contributed by atoms with E-state index in [0.717, 1.165) is 11.3 Å². The molecule has 0 fully saturated rings. The highest BCUT2D eigenvalue weighted by atomic mass is 16.3. The molecule has 0 atom stereocenters. The predicted octanol–water partition coefficient (Wildman–Crippen LogP) is 1.84. The fourth-order valence-electron chi connectivity index (χ4n) is 1.29. The number of benzene rings is 1. The highest BCUT2D eigenvalue weighted by Gasteiger charge is 2.04. The number of nitrogens with two attached hydrogens (primary N) is 1. The minimum atomic E-state index is 0.564. The Bertz CT molecular complexity index is 395. The van der Waals surface area contributed by atoms with Gasteiger partial charge in [-0.25, -0.2) is 4.98 Å². The molecule has 1 heterocycles. The van der Waals surface area contributed by atoms with Crippen LogP contribution in [-0.4, -0.2) is 11.5 Å². The van der Waals surface area contributed by atoms with E-state index >= 15 is 0 Å². The minimum absolute atomic E-state index is 0.564. The molecule has 3 heteroatoms. The van der Waals surface area contributed by atoms with Gasteiger partial charge in [-0.1, -0.05) is 30.3 Å². The molecule has 0 amide bonds. The van der Waals surface area contributed by atoms with E-state index in [1.807, 2.05) is 30.3 Å². The van der Waals surface area contributed by atoms with Gasteiger partial charge in [0.2, 0.25) is 0 Å². The van der Waals surface area contributed by atoms with Gasteiger partial charge in [-0.2, -0.15) is 0 Å². The molecule has 72 valence electrons. The van der Waals surface area contributed by atoms with Gasteiger partial charge in [0.1, 0.15) is 12.0 Å². The smallest absolute Gasteiger partial charge is 0.195 e. The Kier molecular flexibility index (Phi) is 2.60. The van der Waals surface area contributed by atoms with Crippen LogP contribution in [0.3, 0.4) is 0 Å². The molecule has 0 bridgehead atoms. The lowest BCUT2D eigenvalue weighted by Gasteiger charge is -1.92. The van der Waals surface area contributed by atoms with Crippen LogP contribution < -0.4 is 5.73 Å². The Balaban J connectivity index is 2.25. The van der Waals surface area contributed by atoms with Crippen LogP contribution in [0, 0.1) is 0 Å². The van der Waals surface area contributed by atoms with Crippen LogP contribution in [0.25, 0.3) is 11.3 Å². The molecule has 0 aliphatic heterocycles. The lowest BCUT2D eigenvalue weighted by molar-refractivity contribution is 0.496. The number of oxazole rings is 1. The largest absolute Gasteiger partial charge is 0.448 e. The van der Waals surface area contributed by atoms with Gasteiger partial charge in [-0.15, -0.1) is 0 Å². The lowest BCUT2D eigenvalue weighted by Crippen LogP contribution is -2.02. The van der Waals surface area contributed by atoms with Gasteiger partial charge in [0, 0.05) is 18.5 Å². The monoisotopic (exact) mass is 188 g/mol. The summed E-state index contributed by atoms with van der Waals surface area (Å²) in [7, 11) is 0. The zero-order chi connectivity index (χ0) is 9.80. The Morgan fingerprint density at radius 3 is 2.71 bits per heavy atom. The molecule has 2 aromatic rings. The molecule has 1 aromatic heterocycles. The van der Waals surface area contributed by atoms with Crippen LogP contribution in [0.2, 0.25) is 0 Å². The first-order valence-electron chi connectivity index (χ1n) is 4.60. The van der Waals surface area contributed by atoms with E-state index in [1.165, 1.54) is 0 Å². The quantitative estimate of drug-likeness (QED) is 0.799. The summed E-state index contributed by atoms with van der Waals surface area (Å²) in [6, 6.07) is 9.94. The average Bonchev–Trinajstić information content (AvgIpc) is 2.68. The SMILES string of the molecule is NCCc1nc(-c2ccccc2)co1. The highest BCUT2D eigenvalue weighted by Crippen LogP contribution is 2.17. The molecule has 0 aliphatic rings. The Labute approximate surface area is 82.6 Å². The van der Waals surface area contributed by atoms with Gasteiger partial charge >= 0.3 is 0 Å². The van der Waals surface area contributed by atoms with Crippen molar-refractivity contribution in [2.75, 3.05) is 6.54 Å². The second kappa shape index (κ2) is 4.07. The Morgan fingerprint density at radius 1 is 1.21 bits per heavy atom. The number of hydrogen-bond donors (Lipinski definition) is 1. The van der Waals surface area contributed by atoms with Crippen molar-refractivity contribution in [3.05, 3.63) is 42.5 Å². The summed E-state index contributed by atoms with van der Waals surface area (Å²) in [4.78, 5) is 4.32. The topological polar surface area (TPSA) is 52.0 Å². The third kappa shape index (κ3) is 1.83. The molecule has 0 saturated carbocycles. The maximum Gasteiger partial charge on any atom is 0.195 e. The van der Waals surface area contributed by atoms with Crippen LogP contribution in [0.4, 0.5) is 0 Å². The van der Waals surface area contributed by atoms with Crippen LogP contribution in [0.15, 0.2) is 41.0 Å². The van der Waals surface area contributed by atoms with Crippen LogP contribution in [-0.2, 0) is 6.42 Å². The molecule has 3 nitrogen and oxygen atoms in total. The van der Waals surface area contributed by atoms with E-state index < -0.39 is 0 Å². The standard InChI is InChI=1S/C11H12N2O/c12-7-6-11-13-10(8-14-11)9-4-2-1-3-5-9/h1-5,8H,6-7,12H2. The third-order valence-corrected chi connectivity index (χ3v) is 1.98. The summed E-state index contributed by atoms with van der Waals surface area (Å²) in [6.07, 6.45) is 2.35. The zero-order valence-corrected chi connectivity index (χ0v) is 7.81. The highest BCUT2D eigenvalue weighted by molar-refractivity contribution is 5.57. The van der Waals surface area contributed by atoms with Crippen LogP contribution in [0.1, 0.15) is 5.89 Å². The Morgan fingerprint density at radius 2 is 2.00 bits per heavy atom. The van der Waals surface area contributed by atoms with Crippen LogP contribution in [0.5, 0.6) is 0 Å². The second-order valence-corrected chi connectivity index (χ2v) is 3.03. The molecule has 0 spiro atoms. The number of nitrogens with zero attached hydrogens (tertiary/aromatic N) is 1. The minimum Gasteiger partial charge on any atom is -0.448 e. The molecule has 2 rings (SSSR count). The number of aromatic nitrogens is 1. The molecule has 2 N–H and O–H groups in total. The van der Waals surface area contributed by atoms with Gasteiger partial charge in [-0.3, -0.25) is 0 Å². The summed E-state index contributed by atoms with van der Waals surface area (Å²) in [6.45, 7) is 0.564. The van der Waals surface area contributed by atoms with E-state index in [4.69, 9.17) is 10.2 Å². The van der Waals surface area contributed by atoms with Crippen molar-refractivity contribution in [2.24, 2.45) is 5.73 Å². The van der Waals surface area contributed by atoms with Crippen molar-refractivity contribution < 1.29 is 4.42 Å². The second-order valence-electron chi connectivity index (χ2n) is 3.03. The van der Waals surface area contributed by atoms with Crippen LogP contribution >= 0.6 is 0 Å². The Hall–Kier alpha value is -1.61. The fourth-order valence-corrected chi connectivity index (χ4v) is 1.29. The molecule has 14 heavy (non-hydrogen) atoms. The molecule has 0 aliphatic carbocycles. The van der Waals surface area contributed by atoms with E-state index in [1.54, 1.807) is 6.26 Å². The van der Waals surface area contributed by atoms with Crippen molar-refractivity contribution >= 4 is 0 Å². The summed E-state index contributed by atoms with van der Waals surface area (Å²) in [5, 5.41) is 0. The first kappa shape index (κ1) is 8.97. The van der Waals surface area contributed by atoms with E-state index in [-0.39, 0.29) is 0 Å². The van der Waals surface area contributed by atoms with E-state index in [2.05, 4.69) is 4.98 Å². The summed E-state index contributed by atoms with van der Waals surface area (Å²) in [5.74, 6) is 0.700. The number of hydrogen-bond acceptors (Lipinski definition) is 3. The van der Waals surface area contributed by atoms with Crippen molar-refractivity contribution in [1.29, 1.82) is 0 Å². The summed E-state index contributed by atoms with van der Waals surface area (Å²) < 4.78 is 5.27. The fraction of sp³-hybridized carbons (Fsp3) is 0.182. The average molecular weight is 188 g/mol. The normalized spacial score (nSPS) is 10.4. The third-order valence-electron chi connectivity index (χ3n) is 1.98. The lowest BCUT2D eigenvalue weighted by atomic mass is 10.2. The number of rotatable bonds is 3. The summed E-state index contributed by atoms with van der Waals surface area (Å²) in [5.41, 5.74) is 7.35. The predicted molar refractivity (Wildman–Crippen MR) is 54.7 cm³/mol. The summed E-state index contributed by atoms with van der Waals surface area (Å²) >= 11 is 0. The first-order chi connectivity index (χ1) is 6.90.